The van der Waals surface area contributed by atoms with Gasteiger partial charge in [0.15, 0.2) is 0 Å². The maximum absolute atomic E-state index is 12.3. The average Bonchev–Trinajstić information content (AvgIpc) is 2.64. The van der Waals surface area contributed by atoms with Crippen LogP contribution in [0.25, 0.3) is 0 Å². The Hall–Kier alpha value is -2.02. The normalized spacial score (nSPS) is 10.2. The van der Waals surface area contributed by atoms with Crippen molar-refractivity contribution in [2.24, 2.45) is 0 Å². The first-order chi connectivity index (χ1) is 12.6. The topological polar surface area (TPSA) is 84.5 Å². The third kappa shape index (κ3) is 8.89. The zero-order valence-corrected chi connectivity index (χ0v) is 16.3. The van der Waals surface area contributed by atoms with Crippen molar-refractivity contribution >= 4 is 29.5 Å². The average molecular weight is 381 g/mol. The van der Waals surface area contributed by atoms with Crippen molar-refractivity contribution in [1.29, 1.82) is 0 Å². The fraction of sp³-hybridized carbons (Fsp3) is 0.526. The summed E-state index contributed by atoms with van der Waals surface area (Å²) in [5, 5.41) is 5.41. The van der Waals surface area contributed by atoms with Gasteiger partial charge in [-0.1, -0.05) is 50.6 Å². The van der Waals surface area contributed by atoms with E-state index in [0.717, 1.165) is 25.7 Å². The van der Waals surface area contributed by atoms with Crippen LogP contribution in [0.1, 0.15) is 56.3 Å². The van der Waals surface area contributed by atoms with E-state index in [0.29, 0.717) is 23.4 Å². The molecular formula is C19H28N2O4S. The molecule has 0 atom stereocenters. The SMILES string of the molecule is CCCCCNC(=O)CNC(=O)c1ccccc1SCOC(=O)CCC. The van der Waals surface area contributed by atoms with Gasteiger partial charge in [0.05, 0.1) is 12.1 Å². The van der Waals surface area contributed by atoms with Gasteiger partial charge in [0, 0.05) is 17.9 Å². The molecule has 1 aromatic rings. The molecule has 0 aliphatic heterocycles. The number of benzene rings is 1. The number of ether oxygens (including phenoxy) is 1. The second-order valence-corrected chi connectivity index (χ2v) is 6.73. The summed E-state index contributed by atoms with van der Waals surface area (Å²) in [4.78, 5) is 36.2. The van der Waals surface area contributed by atoms with Crippen LogP contribution in [0.4, 0.5) is 0 Å². The Labute approximate surface area is 159 Å². The Morgan fingerprint density at radius 1 is 1.04 bits per heavy atom. The first kappa shape index (κ1) is 22.0. The number of amides is 2. The minimum absolute atomic E-state index is 0.0601. The third-order valence-electron chi connectivity index (χ3n) is 3.53. The van der Waals surface area contributed by atoms with E-state index in [1.807, 2.05) is 13.0 Å². The van der Waals surface area contributed by atoms with Crippen LogP contribution in [0.5, 0.6) is 0 Å². The molecule has 0 bridgehead atoms. The van der Waals surface area contributed by atoms with Gasteiger partial charge in [-0.2, -0.15) is 0 Å². The Balaban J connectivity index is 2.45. The molecule has 2 N–H and O–H groups in total. The van der Waals surface area contributed by atoms with Gasteiger partial charge in [0.25, 0.3) is 5.91 Å². The minimum atomic E-state index is -0.323. The van der Waals surface area contributed by atoms with E-state index in [-0.39, 0.29) is 30.3 Å². The lowest BCUT2D eigenvalue weighted by Gasteiger charge is -2.10. The summed E-state index contributed by atoms with van der Waals surface area (Å²) in [6.07, 6.45) is 4.22. The molecule has 1 rings (SSSR count). The first-order valence-electron chi connectivity index (χ1n) is 9.00. The van der Waals surface area contributed by atoms with Crippen LogP contribution >= 0.6 is 11.8 Å². The molecule has 0 saturated heterocycles. The summed E-state index contributed by atoms with van der Waals surface area (Å²) in [6, 6.07) is 7.04. The summed E-state index contributed by atoms with van der Waals surface area (Å²) >= 11 is 1.28. The molecule has 0 aliphatic carbocycles. The molecule has 0 aromatic heterocycles. The van der Waals surface area contributed by atoms with Crippen LogP contribution in [0.2, 0.25) is 0 Å². The number of esters is 1. The molecule has 26 heavy (non-hydrogen) atoms. The predicted molar refractivity (Wildman–Crippen MR) is 103 cm³/mol. The molecule has 0 aliphatic rings. The Morgan fingerprint density at radius 3 is 2.54 bits per heavy atom. The highest BCUT2D eigenvalue weighted by atomic mass is 32.2. The Morgan fingerprint density at radius 2 is 1.81 bits per heavy atom. The molecule has 0 heterocycles. The van der Waals surface area contributed by atoms with Gasteiger partial charge in [0.1, 0.15) is 5.94 Å². The van der Waals surface area contributed by atoms with Gasteiger partial charge in [-0.05, 0) is 25.0 Å². The lowest BCUT2D eigenvalue weighted by Crippen LogP contribution is -2.37. The summed E-state index contributed by atoms with van der Waals surface area (Å²) in [5.74, 6) is -0.618. The number of thioether (sulfide) groups is 1. The number of nitrogens with one attached hydrogen (secondary N) is 2. The van der Waals surface area contributed by atoms with Crippen LogP contribution in [-0.4, -0.2) is 36.8 Å². The molecular weight excluding hydrogens is 352 g/mol. The summed E-state index contributed by atoms with van der Waals surface area (Å²) in [5.41, 5.74) is 0.461. The smallest absolute Gasteiger partial charge is 0.306 e. The molecule has 1 aromatic carbocycles. The van der Waals surface area contributed by atoms with E-state index in [9.17, 15) is 14.4 Å². The van der Waals surface area contributed by atoms with Crippen LogP contribution in [-0.2, 0) is 14.3 Å². The minimum Gasteiger partial charge on any atom is -0.454 e. The van der Waals surface area contributed by atoms with Crippen molar-refractivity contribution in [3.8, 4) is 0 Å². The van der Waals surface area contributed by atoms with E-state index in [1.165, 1.54) is 11.8 Å². The van der Waals surface area contributed by atoms with Crippen molar-refractivity contribution in [2.75, 3.05) is 19.0 Å². The molecule has 0 fully saturated rings. The van der Waals surface area contributed by atoms with Crippen molar-refractivity contribution < 1.29 is 19.1 Å². The molecule has 0 radical (unpaired) electrons. The number of unbranched alkanes of at least 4 members (excludes halogenated alkanes) is 2. The predicted octanol–water partition coefficient (Wildman–Crippen LogP) is 3.12. The lowest BCUT2D eigenvalue weighted by molar-refractivity contribution is -0.141. The number of rotatable bonds is 12. The third-order valence-corrected chi connectivity index (χ3v) is 4.43. The first-order valence-corrected chi connectivity index (χ1v) is 9.99. The summed E-state index contributed by atoms with van der Waals surface area (Å²) < 4.78 is 5.11. The van der Waals surface area contributed by atoms with E-state index >= 15 is 0 Å². The van der Waals surface area contributed by atoms with Crippen LogP contribution in [0, 0.1) is 0 Å². The van der Waals surface area contributed by atoms with Gasteiger partial charge in [0.2, 0.25) is 5.91 Å². The number of carbonyl (C=O) groups excluding carboxylic acids is 3. The quantitative estimate of drug-likeness (QED) is 0.252. The van der Waals surface area contributed by atoms with Gasteiger partial charge >= 0.3 is 5.97 Å². The summed E-state index contributed by atoms with van der Waals surface area (Å²) in [7, 11) is 0. The number of carbonyl (C=O) groups is 3. The highest BCUT2D eigenvalue weighted by Gasteiger charge is 2.13. The molecule has 0 saturated carbocycles. The van der Waals surface area contributed by atoms with E-state index < -0.39 is 0 Å². The van der Waals surface area contributed by atoms with Gasteiger partial charge in [-0.15, -0.1) is 0 Å². The molecule has 144 valence electrons. The van der Waals surface area contributed by atoms with E-state index in [1.54, 1.807) is 18.2 Å². The molecule has 0 unspecified atom stereocenters. The highest BCUT2D eigenvalue weighted by molar-refractivity contribution is 7.99. The van der Waals surface area contributed by atoms with E-state index in [2.05, 4.69) is 17.6 Å². The standard InChI is InChI=1S/C19H28N2O4S/c1-3-5-8-12-20-17(22)13-21-19(24)15-10-6-7-11-16(15)26-14-25-18(23)9-4-2/h6-7,10-11H,3-5,8-9,12-14H2,1-2H3,(H,20,22)(H,21,24). The fourth-order valence-corrected chi connectivity index (χ4v) is 2.94. The lowest BCUT2D eigenvalue weighted by atomic mass is 10.2. The maximum atomic E-state index is 12.3. The number of hydrogen-bond donors (Lipinski definition) is 2. The second kappa shape index (κ2) is 13.2. The van der Waals surface area contributed by atoms with E-state index in [4.69, 9.17) is 4.74 Å². The van der Waals surface area contributed by atoms with Crippen LogP contribution < -0.4 is 10.6 Å². The monoisotopic (exact) mass is 380 g/mol. The van der Waals surface area contributed by atoms with Crippen molar-refractivity contribution in [2.45, 2.75) is 50.8 Å². The van der Waals surface area contributed by atoms with Gasteiger partial charge in [-0.25, -0.2) is 0 Å². The molecule has 7 heteroatoms. The van der Waals surface area contributed by atoms with Crippen molar-refractivity contribution in [3.05, 3.63) is 29.8 Å². The zero-order chi connectivity index (χ0) is 19.2. The maximum Gasteiger partial charge on any atom is 0.306 e. The number of hydrogen-bond acceptors (Lipinski definition) is 5. The van der Waals surface area contributed by atoms with Crippen LogP contribution in [0.15, 0.2) is 29.2 Å². The van der Waals surface area contributed by atoms with Crippen molar-refractivity contribution in [3.63, 3.8) is 0 Å². The van der Waals surface area contributed by atoms with Gasteiger partial charge < -0.3 is 15.4 Å². The largest absolute Gasteiger partial charge is 0.454 e. The fourth-order valence-electron chi connectivity index (χ4n) is 2.14. The van der Waals surface area contributed by atoms with Crippen LogP contribution in [0.3, 0.4) is 0 Å². The van der Waals surface area contributed by atoms with Crippen molar-refractivity contribution in [1.82, 2.24) is 10.6 Å². The van der Waals surface area contributed by atoms with Gasteiger partial charge in [-0.3, -0.25) is 14.4 Å². The molecule has 2 amide bonds. The Kier molecular flexibility index (Phi) is 11.2. The second-order valence-electron chi connectivity index (χ2n) is 5.76. The summed E-state index contributed by atoms with van der Waals surface area (Å²) in [6.45, 7) is 4.57. The molecule has 6 nitrogen and oxygen atoms in total. The highest BCUT2D eigenvalue weighted by Crippen LogP contribution is 2.22. The molecule has 0 spiro atoms. The zero-order valence-electron chi connectivity index (χ0n) is 15.5. The Bertz CT molecular complexity index is 593.